The van der Waals surface area contributed by atoms with Crippen LogP contribution in [0.3, 0.4) is 0 Å². The number of hydrogen-bond acceptors (Lipinski definition) is 5. The molecule has 2 aliphatic heterocycles. The largest absolute Gasteiger partial charge is 0.486 e. The zero-order chi connectivity index (χ0) is 17.6. The van der Waals surface area contributed by atoms with Crippen LogP contribution in [0.15, 0.2) is 18.2 Å². The number of amides is 1. The van der Waals surface area contributed by atoms with E-state index in [9.17, 15) is 4.79 Å². The molecule has 1 N–H and O–H groups in total. The van der Waals surface area contributed by atoms with Crippen molar-refractivity contribution in [2.45, 2.75) is 36.2 Å². The smallest absolute Gasteiger partial charge is 0.227 e. The number of benzene rings is 1. The lowest BCUT2D eigenvalue weighted by atomic mass is 9.67. The molecule has 2 heterocycles. The molecule has 1 aromatic rings. The van der Waals surface area contributed by atoms with E-state index in [1.807, 2.05) is 18.2 Å². The van der Waals surface area contributed by atoms with Crippen LogP contribution in [0.4, 0.5) is 5.69 Å². The van der Waals surface area contributed by atoms with Gasteiger partial charge in [0, 0.05) is 29.2 Å². The Morgan fingerprint density at radius 2 is 1.73 bits per heavy atom. The summed E-state index contributed by atoms with van der Waals surface area (Å²) in [5.41, 5.74) is 0.814. The molecular formula is C20H25NO3S2. The minimum atomic E-state index is 0.144. The third kappa shape index (κ3) is 2.89. The second-order valence-electron chi connectivity index (χ2n) is 7.76. The molecule has 2 aliphatic carbocycles. The zero-order valence-electron chi connectivity index (χ0n) is 14.9. The Morgan fingerprint density at radius 1 is 1.04 bits per heavy atom. The van der Waals surface area contributed by atoms with Crippen LogP contribution >= 0.6 is 23.5 Å². The van der Waals surface area contributed by atoms with Crippen LogP contribution in [0.2, 0.25) is 0 Å². The van der Waals surface area contributed by atoms with Gasteiger partial charge in [0.25, 0.3) is 0 Å². The first kappa shape index (κ1) is 17.1. The molecule has 0 radical (unpaired) electrons. The molecule has 0 aromatic heterocycles. The van der Waals surface area contributed by atoms with Crippen molar-refractivity contribution in [3.63, 3.8) is 0 Å². The number of fused-ring (bicyclic) bond motifs is 1. The van der Waals surface area contributed by atoms with E-state index in [0.29, 0.717) is 29.1 Å². The molecule has 6 heteroatoms. The van der Waals surface area contributed by atoms with Gasteiger partial charge in [-0.3, -0.25) is 4.79 Å². The Kier molecular flexibility index (Phi) is 4.52. The summed E-state index contributed by atoms with van der Waals surface area (Å²) in [5, 5.41) is 3.14. The predicted octanol–water partition coefficient (Wildman–Crippen LogP) is 4.40. The van der Waals surface area contributed by atoms with E-state index in [2.05, 4.69) is 28.8 Å². The molecule has 3 fully saturated rings. The van der Waals surface area contributed by atoms with Crippen molar-refractivity contribution < 1.29 is 14.3 Å². The number of thioether (sulfide) groups is 2. The lowest BCUT2D eigenvalue weighted by molar-refractivity contribution is -0.122. The number of carbonyl (C=O) groups is 1. The maximum Gasteiger partial charge on any atom is 0.227 e. The molecule has 1 amide bonds. The van der Waals surface area contributed by atoms with Gasteiger partial charge in [0.1, 0.15) is 13.2 Å². The second-order valence-corrected chi connectivity index (χ2v) is 10.8. The third-order valence-electron chi connectivity index (χ3n) is 6.30. The van der Waals surface area contributed by atoms with Crippen LogP contribution < -0.4 is 14.8 Å². The first-order valence-corrected chi connectivity index (χ1v) is 11.7. The third-order valence-corrected chi connectivity index (χ3v) is 10.3. The Morgan fingerprint density at radius 3 is 2.46 bits per heavy atom. The monoisotopic (exact) mass is 391 g/mol. The van der Waals surface area contributed by atoms with Crippen LogP contribution in [0.5, 0.6) is 11.5 Å². The molecule has 2 atom stereocenters. The highest BCUT2D eigenvalue weighted by Gasteiger charge is 2.55. The molecule has 2 saturated carbocycles. The SMILES string of the molecule is O=C(Nc1ccc2c(c1)OCCO2)C1C[C@H]2CCC[C@H](C1)C21SCCS1. The standard InChI is InChI=1S/C20H25NO3S2/c22-19(21-16-4-5-17-18(12-16)24-7-6-23-17)13-10-14-2-1-3-15(11-13)20(14)25-8-9-26-20/h4-5,12-15H,1-3,6-11H2,(H,21,22)/t14-,15-/m1/s1. The second kappa shape index (κ2) is 6.86. The van der Waals surface area contributed by atoms with Gasteiger partial charge in [0.15, 0.2) is 11.5 Å². The van der Waals surface area contributed by atoms with Gasteiger partial charge in [-0.1, -0.05) is 6.42 Å². The number of ether oxygens (including phenoxy) is 2. The van der Waals surface area contributed by atoms with Crippen molar-refractivity contribution >= 4 is 35.1 Å². The summed E-state index contributed by atoms with van der Waals surface area (Å²) < 4.78 is 11.6. The van der Waals surface area contributed by atoms with Crippen LogP contribution in [0.1, 0.15) is 32.1 Å². The topological polar surface area (TPSA) is 47.6 Å². The lowest BCUT2D eigenvalue weighted by Gasteiger charge is -2.52. The van der Waals surface area contributed by atoms with Crippen molar-refractivity contribution in [1.29, 1.82) is 0 Å². The lowest BCUT2D eigenvalue weighted by Crippen LogP contribution is -2.48. The number of carbonyl (C=O) groups excluding carboxylic acids is 1. The van der Waals surface area contributed by atoms with Crippen molar-refractivity contribution in [3.8, 4) is 11.5 Å². The molecule has 0 unspecified atom stereocenters. The summed E-state index contributed by atoms with van der Waals surface area (Å²) in [4.78, 5) is 13.0. The van der Waals surface area contributed by atoms with Crippen LogP contribution in [0, 0.1) is 17.8 Å². The summed E-state index contributed by atoms with van der Waals surface area (Å²) in [6, 6.07) is 5.69. The Hall–Kier alpha value is -1.01. The van der Waals surface area contributed by atoms with Crippen LogP contribution in [-0.4, -0.2) is 34.7 Å². The molecule has 2 bridgehead atoms. The minimum Gasteiger partial charge on any atom is -0.486 e. The number of anilines is 1. The molecule has 4 aliphatic rings. The van der Waals surface area contributed by atoms with E-state index in [4.69, 9.17) is 9.47 Å². The molecule has 1 saturated heterocycles. The fourth-order valence-electron chi connectivity index (χ4n) is 5.19. The number of rotatable bonds is 2. The summed E-state index contributed by atoms with van der Waals surface area (Å²) >= 11 is 4.38. The molecule has 4 nitrogen and oxygen atoms in total. The quantitative estimate of drug-likeness (QED) is 0.810. The van der Waals surface area contributed by atoms with Crippen molar-refractivity contribution in [3.05, 3.63) is 18.2 Å². The van der Waals surface area contributed by atoms with Crippen molar-refractivity contribution in [2.75, 3.05) is 30.0 Å². The van der Waals surface area contributed by atoms with Gasteiger partial charge in [-0.25, -0.2) is 0 Å². The van der Waals surface area contributed by atoms with E-state index in [1.54, 1.807) is 0 Å². The number of nitrogens with one attached hydrogen (secondary N) is 1. The van der Waals surface area contributed by atoms with Gasteiger partial charge in [0.05, 0.1) is 4.08 Å². The summed E-state index contributed by atoms with van der Waals surface area (Å²) in [5.74, 6) is 5.78. The number of hydrogen-bond donors (Lipinski definition) is 1. The van der Waals surface area contributed by atoms with Gasteiger partial charge in [-0.15, -0.1) is 23.5 Å². The Balaban J connectivity index is 1.29. The highest BCUT2D eigenvalue weighted by molar-refractivity contribution is 8.21. The molecule has 26 heavy (non-hydrogen) atoms. The maximum absolute atomic E-state index is 13.0. The molecule has 5 rings (SSSR count). The van der Waals surface area contributed by atoms with Crippen molar-refractivity contribution in [1.82, 2.24) is 0 Å². The van der Waals surface area contributed by atoms with Gasteiger partial charge < -0.3 is 14.8 Å². The first-order valence-electron chi connectivity index (χ1n) is 9.73. The average molecular weight is 392 g/mol. The fraction of sp³-hybridized carbons (Fsp3) is 0.650. The van der Waals surface area contributed by atoms with Gasteiger partial charge >= 0.3 is 0 Å². The van der Waals surface area contributed by atoms with E-state index in [1.165, 1.54) is 30.8 Å². The highest BCUT2D eigenvalue weighted by atomic mass is 32.2. The average Bonchev–Trinajstić information content (AvgIpc) is 3.11. The van der Waals surface area contributed by atoms with E-state index in [-0.39, 0.29) is 11.8 Å². The highest BCUT2D eigenvalue weighted by Crippen LogP contribution is 2.64. The van der Waals surface area contributed by atoms with Gasteiger partial charge in [0.2, 0.25) is 5.91 Å². The Labute approximate surface area is 163 Å². The maximum atomic E-state index is 13.0. The van der Waals surface area contributed by atoms with Crippen LogP contribution in [0.25, 0.3) is 0 Å². The minimum absolute atomic E-state index is 0.144. The summed E-state index contributed by atoms with van der Waals surface area (Å²) in [6.07, 6.45) is 6.03. The van der Waals surface area contributed by atoms with Gasteiger partial charge in [-0.2, -0.15) is 0 Å². The summed E-state index contributed by atoms with van der Waals surface area (Å²) in [6.45, 7) is 1.15. The zero-order valence-corrected chi connectivity index (χ0v) is 16.5. The first-order chi connectivity index (χ1) is 12.7. The molecule has 140 valence electrons. The molecule has 1 aromatic carbocycles. The van der Waals surface area contributed by atoms with E-state index >= 15 is 0 Å². The predicted molar refractivity (Wildman–Crippen MR) is 107 cm³/mol. The van der Waals surface area contributed by atoms with E-state index < -0.39 is 0 Å². The fourth-order valence-corrected chi connectivity index (χ4v) is 9.13. The van der Waals surface area contributed by atoms with Crippen LogP contribution in [-0.2, 0) is 4.79 Å². The van der Waals surface area contributed by atoms with Crippen molar-refractivity contribution in [2.24, 2.45) is 17.8 Å². The normalized spacial score (nSPS) is 31.6. The van der Waals surface area contributed by atoms with Gasteiger partial charge in [-0.05, 0) is 49.7 Å². The molecular weight excluding hydrogens is 366 g/mol. The Bertz CT molecular complexity index is 688. The van der Waals surface area contributed by atoms with E-state index in [0.717, 1.165) is 30.0 Å². The molecule has 1 spiro atoms. The summed E-state index contributed by atoms with van der Waals surface area (Å²) in [7, 11) is 0.